The molecule has 2 aliphatic carbocycles. The fourth-order valence-electron chi connectivity index (χ4n) is 3.47. The quantitative estimate of drug-likeness (QED) is 0.748. The van der Waals surface area contributed by atoms with Crippen LogP contribution < -0.4 is 0 Å². The van der Waals surface area contributed by atoms with E-state index in [2.05, 4.69) is 51.8 Å². The number of hydrogen-bond donors (Lipinski definition) is 1. The number of hydrogen-bond acceptors (Lipinski definition) is 2. The van der Waals surface area contributed by atoms with Crippen molar-refractivity contribution in [3.8, 4) is 6.07 Å². The van der Waals surface area contributed by atoms with Gasteiger partial charge in [-0.15, -0.1) is 0 Å². The third-order valence-electron chi connectivity index (χ3n) is 4.68. The molecule has 2 rings (SSSR count). The molecule has 4 heteroatoms. The van der Waals surface area contributed by atoms with Crippen LogP contribution in [0.25, 0.3) is 0 Å². The lowest BCUT2D eigenvalue weighted by atomic mass is 9.62. The molecule has 84 valence electrons. The Labute approximate surface area is 107 Å². The maximum atomic E-state index is 10.4. The summed E-state index contributed by atoms with van der Waals surface area (Å²) in [5.74, 6) is 0. The molecule has 2 fully saturated rings. The second-order valence-electron chi connectivity index (χ2n) is 5.40. The minimum absolute atomic E-state index is 0.0926. The predicted molar refractivity (Wildman–Crippen MR) is 66.1 cm³/mol. The summed E-state index contributed by atoms with van der Waals surface area (Å²) < 4.78 is -0.243. The van der Waals surface area contributed by atoms with E-state index in [0.717, 1.165) is 12.8 Å². The molecule has 2 aliphatic rings. The van der Waals surface area contributed by atoms with Gasteiger partial charge in [0.1, 0.15) is 0 Å². The van der Waals surface area contributed by atoms with Crippen LogP contribution >= 0.6 is 31.9 Å². The Morgan fingerprint density at radius 2 is 2.07 bits per heavy atom. The van der Waals surface area contributed by atoms with E-state index in [0.29, 0.717) is 6.42 Å². The van der Waals surface area contributed by atoms with Crippen molar-refractivity contribution in [2.75, 3.05) is 0 Å². The molecule has 0 radical (unpaired) electrons. The average molecular weight is 337 g/mol. The van der Waals surface area contributed by atoms with Gasteiger partial charge in [0.15, 0.2) is 0 Å². The summed E-state index contributed by atoms with van der Waals surface area (Å²) in [5, 5.41) is 19.4. The van der Waals surface area contributed by atoms with Crippen LogP contribution in [0, 0.1) is 22.2 Å². The molecule has 0 unspecified atom stereocenters. The number of rotatable bonds is 1. The van der Waals surface area contributed by atoms with Gasteiger partial charge in [0.25, 0.3) is 0 Å². The van der Waals surface area contributed by atoms with Crippen molar-refractivity contribution in [2.45, 2.75) is 48.4 Å². The Hall–Kier alpha value is 0.410. The molecule has 4 atom stereocenters. The number of alkyl halides is 2. The van der Waals surface area contributed by atoms with E-state index in [9.17, 15) is 5.11 Å². The molecule has 15 heavy (non-hydrogen) atoms. The highest BCUT2D eigenvalue weighted by Gasteiger charge is 2.73. The van der Waals surface area contributed by atoms with Crippen molar-refractivity contribution in [3.05, 3.63) is 0 Å². The molecule has 0 heterocycles. The van der Waals surface area contributed by atoms with Crippen LogP contribution in [-0.2, 0) is 0 Å². The van der Waals surface area contributed by atoms with Gasteiger partial charge >= 0.3 is 0 Å². The highest BCUT2D eigenvalue weighted by atomic mass is 79.9. The van der Waals surface area contributed by atoms with Gasteiger partial charge in [-0.3, -0.25) is 0 Å². The van der Waals surface area contributed by atoms with E-state index in [1.807, 2.05) is 0 Å². The Morgan fingerprint density at radius 3 is 2.47 bits per heavy atom. The minimum atomic E-state index is -0.392. The van der Waals surface area contributed by atoms with Crippen LogP contribution in [0.2, 0.25) is 0 Å². The summed E-state index contributed by atoms with van der Waals surface area (Å²) in [7, 11) is 0. The van der Waals surface area contributed by atoms with Gasteiger partial charge in [-0.1, -0.05) is 45.7 Å². The smallest absolute Gasteiger partial charge is 0.0761 e. The lowest BCUT2D eigenvalue weighted by Gasteiger charge is -2.44. The summed E-state index contributed by atoms with van der Waals surface area (Å²) >= 11 is 7.40. The summed E-state index contributed by atoms with van der Waals surface area (Å²) in [6.45, 7) is 4.15. The molecular formula is C11H15Br2NO. The number of fused-ring (bicyclic) bond motifs is 2. The first-order chi connectivity index (χ1) is 6.83. The molecule has 0 aromatic rings. The van der Waals surface area contributed by atoms with Gasteiger partial charge < -0.3 is 5.11 Å². The highest BCUT2D eigenvalue weighted by Crippen LogP contribution is 2.72. The Bertz CT molecular complexity index is 338. The van der Waals surface area contributed by atoms with Crippen molar-refractivity contribution in [1.29, 1.82) is 5.26 Å². The first-order valence-electron chi connectivity index (χ1n) is 5.21. The first kappa shape index (κ1) is 11.9. The molecule has 2 bridgehead atoms. The summed E-state index contributed by atoms with van der Waals surface area (Å²) in [6, 6.07) is 2.29. The molecular weight excluding hydrogens is 322 g/mol. The fourth-order valence-corrected chi connectivity index (χ4v) is 6.14. The lowest BCUT2D eigenvalue weighted by molar-refractivity contribution is -0.0276. The number of halogens is 2. The van der Waals surface area contributed by atoms with Gasteiger partial charge in [0, 0.05) is 16.7 Å². The van der Waals surface area contributed by atoms with Gasteiger partial charge in [-0.2, -0.15) is 5.26 Å². The Kier molecular flexibility index (Phi) is 2.54. The van der Waals surface area contributed by atoms with Gasteiger partial charge in [0.2, 0.25) is 0 Å². The Balaban J connectivity index is 2.52. The standard InChI is InChI=1S/C11H15Br2NO/c1-9(2)8(15)11(13)4-3-10(9,5-6-14)7(11)12/h7-8,15H,3-5H2,1-2H3/t7-,8+,10-,11-/m1/s1. The molecule has 0 aliphatic heterocycles. The predicted octanol–water partition coefficient (Wildman–Crippen LogP) is 2.98. The molecule has 0 aromatic heterocycles. The number of aliphatic hydroxyl groups excluding tert-OH is 1. The van der Waals surface area contributed by atoms with Crippen molar-refractivity contribution < 1.29 is 5.11 Å². The minimum Gasteiger partial charge on any atom is -0.391 e. The second kappa shape index (κ2) is 3.21. The average Bonchev–Trinajstić information content (AvgIpc) is 2.48. The van der Waals surface area contributed by atoms with Crippen molar-refractivity contribution in [2.24, 2.45) is 10.8 Å². The molecule has 0 amide bonds. The van der Waals surface area contributed by atoms with E-state index in [1.165, 1.54) is 0 Å². The third-order valence-corrected chi connectivity index (χ3v) is 8.27. The Morgan fingerprint density at radius 1 is 1.47 bits per heavy atom. The third kappa shape index (κ3) is 1.13. The van der Waals surface area contributed by atoms with Crippen LogP contribution in [0.3, 0.4) is 0 Å². The highest BCUT2D eigenvalue weighted by molar-refractivity contribution is 9.12. The zero-order valence-corrected chi connectivity index (χ0v) is 12.1. The number of nitriles is 1. The number of nitrogens with zero attached hydrogens (tertiary/aromatic N) is 1. The van der Waals surface area contributed by atoms with Crippen LogP contribution in [0.4, 0.5) is 0 Å². The molecule has 1 N–H and O–H groups in total. The maximum absolute atomic E-state index is 10.4. The number of aliphatic hydroxyl groups is 1. The van der Waals surface area contributed by atoms with E-state index in [-0.39, 0.29) is 20.0 Å². The zero-order chi connectivity index (χ0) is 11.5. The second-order valence-corrected chi connectivity index (χ2v) is 7.80. The molecule has 0 aromatic carbocycles. The van der Waals surface area contributed by atoms with Gasteiger partial charge in [0.05, 0.1) is 16.5 Å². The SMILES string of the molecule is CC1(C)[C@H](O)[C@@]2(Br)CC[C@@]1(CC#N)[C@H]2Br. The van der Waals surface area contributed by atoms with Gasteiger partial charge in [-0.05, 0) is 18.3 Å². The lowest BCUT2D eigenvalue weighted by Crippen LogP contribution is -2.46. The summed E-state index contributed by atoms with van der Waals surface area (Å²) in [4.78, 5) is 0.183. The van der Waals surface area contributed by atoms with Crippen molar-refractivity contribution in [3.63, 3.8) is 0 Å². The normalized spacial score (nSPS) is 51.7. The molecule has 0 saturated heterocycles. The molecule has 0 spiro atoms. The van der Waals surface area contributed by atoms with Crippen molar-refractivity contribution >= 4 is 31.9 Å². The largest absolute Gasteiger partial charge is 0.391 e. The van der Waals surface area contributed by atoms with E-state index < -0.39 is 6.10 Å². The van der Waals surface area contributed by atoms with Gasteiger partial charge in [-0.25, -0.2) is 0 Å². The van der Waals surface area contributed by atoms with E-state index in [1.54, 1.807) is 0 Å². The summed E-state index contributed by atoms with van der Waals surface area (Å²) in [6.07, 6.45) is 2.07. The maximum Gasteiger partial charge on any atom is 0.0761 e. The molecule has 2 nitrogen and oxygen atoms in total. The van der Waals surface area contributed by atoms with E-state index >= 15 is 0 Å². The molecule has 2 saturated carbocycles. The van der Waals surface area contributed by atoms with Crippen LogP contribution in [0.15, 0.2) is 0 Å². The first-order valence-corrected chi connectivity index (χ1v) is 6.92. The summed E-state index contributed by atoms with van der Waals surface area (Å²) in [5.41, 5.74) is -0.302. The fraction of sp³-hybridized carbons (Fsp3) is 0.909. The monoisotopic (exact) mass is 335 g/mol. The van der Waals surface area contributed by atoms with Crippen LogP contribution in [0.1, 0.15) is 33.1 Å². The zero-order valence-electron chi connectivity index (χ0n) is 8.93. The topological polar surface area (TPSA) is 44.0 Å². The van der Waals surface area contributed by atoms with Crippen LogP contribution in [-0.4, -0.2) is 20.4 Å². The van der Waals surface area contributed by atoms with Crippen LogP contribution in [0.5, 0.6) is 0 Å². The van der Waals surface area contributed by atoms with E-state index in [4.69, 9.17) is 5.26 Å². The van der Waals surface area contributed by atoms with Crippen molar-refractivity contribution in [1.82, 2.24) is 0 Å².